The molecule has 0 aliphatic heterocycles. The summed E-state index contributed by atoms with van der Waals surface area (Å²) in [5, 5.41) is 2.41. The van der Waals surface area contributed by atoms with Crippen LogP contribution in [0.15, 0.2) is 41.2 Å². The predicted octanol–water partition coefficient (Wildman–Crippen LogP) is 3.96. The van der Waals surface area contributed by atoms with E-state index in [1.807, 2.05) is 0 Å². The van der Waals surface area contributed by atoms with Crippen LogP contribution in [0.25, 0.3) is 10.9 Å². The van der Waals surface area contributed by atoms with Crippen molar-refractivity contribution in [1.29, 1.82) is 0 Å². The summed E-state index contributed by atoms with van der Waals surface area (Å²) in [5.41, 5.74) is -1.90. The number of aromatic amines is 1. The van der Waals surface area contributed by atoms with Crippen molar-refractivity contribution in [1.82, 2.24) is 9.97 Å². The van der Waals surface area contributed by atoms with Crippen molar-refractivity contribution < 1.29 is 22.0 Å². The minimum atomic E-state index is -4.59. The lowest BCUT2D eigenvalue weighted by Gasteiger charge is -2.09. The maximum absolute atomic E-state index is 13.1. The van der Waals surface area contributed by atoms with Gasteiger partial charge in [-0.1, -0.05) is 0 Å². The Bertz CT molecular complexity index is 961. The Labute approximate surface area is 131 Å². The average molecular weight is 341 g/mol. The zero-order chi connectivity index (χ0) is 17.5. The fourth-order valence-electron chi connectivity index (χ4n) is 2.14. The highest BCUT2D eigenvalue weighted by Gasteiger charge is 2.30. The highest BCUT2D eigenvalue weighted by atomic mass is 19.4. The first kappa shape index (κ1) is 15.9. The van der Waals surface area contributed by atoms with Gasteiger partial charge in [-0.15, -0.1) is 0 Å². The number of hydrogen-bond donors (Lipinski definition) is 2. The van der Waals surface area contributed by atoms with Gasteiger partial charge in [0.2, 0.25) is 5.95 Å². The molecule has 1 aromatic heterocycles. The number of rotatable bonds is 2. The number of halogens is 5. The summed E-state index contributed by atoms with van der Waals surface area (Å²) >= 11 is 0. The van der Waals surface area contributed by atoms with Gasteiger partial charge in [-0.25, -0.2) is 13.8 Å². The molecule has 3 aromatic rings. The van der Waals surface area contributed by atoms with Crippen molar-refractivity contribution >= 4 is 22.5 Å². The molecule has 24 heavy (non-hydrogen) atoms. The van der Waals surface area contributed by atoms with Crippen LogP contribution in [0.4, 0.5) is 33.6 Å². The van der Waals surface area contributed by atoms with Crippen molar-refractivity contribution in [3.8, 4) is 0 Å². The van der Waals surface area contributed by atoms with Crippen molar-refractivity contribution in [3.63, 3.8) is 0 Å². The van der Waals surface area contributed by atoms with Crippen LogP contribution in [-0.4, -0.2) is 9.97 Å². The minimum absolute atomic E-state index is 0.0426. The van der Waals surface area contributed by atoms with Crippen LogP contribution in [-0.2, 0) is 6.18 Å². The van der Waals surface area contributed by atoms with E-state index in [2.05, 4.69) is 15.3 Å². The van der Waals surface area contributed by atoms with Gasteiger partial charge in [-0.2, -0.15) is 13.2 Å². The number of aromatic nitrogens is 2. The second kappa shape index (κ2) is 5.59. The zero-order valence-electron chi connectivity index (χ0n) is 11.7. The molecule has 3 rings (SSSR count). The van der Waals surface area contributed by atoms with Crippen LogP contribution in [0, 0.1) is 11.6 Å². The third-order valence-corrected chi connectivity index (χ3v) is 3.16. The van der Waals surface area contributed by atoms with Crippen LogP contribution in [0.3, 0.4) is 0 Å². The summed E-state index contributed by atoms with van der Waals surface area (Å²) in [6.45, 7) is 0. The highest BCUT2D eigenvalue weighted by Crippen LogP contribution is 2.30. The van der Waals surface area contributed by atoms with E-state index in [0.29, 0.717) is 6.07 Å². The Hall–Kier alpha value is -2.97. The van der Waals surface area contributed by atoms with E-state index in [4.69, 9.17) is 0 Å². The van der Waals surface area contributed by atoms with Gasteiger partial charge in [0.25, 0.3) is 5.56 Å². The highest BCUT2D eigenvalue weighted by molar-refractivity contribution is 5.79. The smallest absolute Gasteiger partial charge is 0.325 e. The van der Waals surface area contributed by atoms with Gasteiger partial charge in [-0.05, 0) is 30.3 Å². The van der Waals surface area contributed by atoms with Crippen LogP contribution >= 0.6 is 0 Å². The molecule has 0 saturated carbocycles. The third kappa shape index (κ3) is 3.19. The van der Waals surface area contributed by atoms with E-state index in [1.54, 1.807) is 0 Å². The van der Waals surface area contributed by atoms with E-state index in [-0.39, 0.29) is 22.5 Å². The van der Waals surface area contributed by atoms with Gasteiger partial charge in [-0.3, -0.25) is 9.78 Å². The lowest BCUT2D eigenvalue weighted by Crippen LogP contribution is -2.13. The van der Waals surface area contributed by atoms with Gasteiger partial charge >= 0.3 is 6.18 Å². The number of fused-ring (bicyclic) bond motifs is 1. The van der Waals surface area contributed by atoms with E-state index in [0.717, 1.165) is 30.3 Å². The predicted molar refractivity (Wildman–Crippen MR) is 77.0 cm³/mol. The number of anilines is 2. The molecule has 0 amide bonds. The molecule has 0 aliphatic carbocycles. The van der Waals surface area contributed by atoms with Crippen LogP contribution in [0.1, 0.15) is 5.56 Å². The molecule has 0 aliphatic rings. The van der Waals surface area contributed by atoms with Gasteiger partial charge in [0, 0.05) is 11.8 Å². The summed E-state index contributed by atoms with van der Waals surface area (Å²) in [4.78, 5) is 18.1. The largest absolute Gasteiger partial charge is 0.416 e. The van der Waals surface area contributed by atoms with Gasteiger partial charge in [0.15, 0.2) is 0 Å². The molecule has 124 valence electrons. The molecular weight excluding hydrogens is 333 g/mol. The second-order valence-corrected chi connectivity index (χ2v) is 4.93. The molecule has 0 bridgehead atoms. The quantitative estimate of drug-likeness (QED) is 0.694. The molecule has 4 nitrogen and oxygen atoms in total. The molecular formula is C15H8F5N3O. The summed E-state index contributed by atoms with van der Waals surface area (Å²) in [7, 11) is 0. The molecule has 2 N–H and O–H groups in total. The van der Waals surface area contributed by atoms with Crippen LogP contribution in [0.2, 0.25) is 0 Å². The van der Waals surface area contributed by atoms with Crippen molar-refractivity contribution in [2.45, 2.75) is 6.18 Å². The van der Waals surface area contributed by atoms with E-state index in [1.165, 1.54) is 0 Å². The molecule has 9 heteroatoms. The number of nitrogens with one attached hydrogen (secondary N) is 2. The molecule has 2 aromatic carbocycles. The van der Waals surface area contributed by atoms with Gasteiger partial charge < -0.3 is 5.32 Å². The maximum Gasteiger partial charge on any atom is 0.416 e. The maximum atomic E-state index is 13.1. The molecule has 0 saturated heterocycles. The van der Waals surface area contributed by atoms with Crippen molar-refractivity contribution in [3.05, 3.63) is 63.9 Å². The summed E-state index contributed by atoms with van der Waals surface area (Å²) < 4.78 is 64.5. The SMILES string of the molecule is O=c1[nH]c(Nc2cc(F)cc(F)c2)nc2cc(C(F)(F)F)ccc12. The Morgan fingerprint density at radius 1 is 1.00 bits per heavy atom. The van der Waals surface area contributed by atoms with Gasteiger partial charge in [0.05, 0.1) is 16.5 Å². The first-order chi connectivity index (χ1) is 11.2. The van der Waals surface area contributed by atoms with Gasteiger partial charge in [0.1, 0.15) is 11.6 Å². The number of alkyl halides is 3. The molecule has 0 atom stereocenters. The Balaban J connectivity index is 2.07. The molecule has 0 unspecified atom stereocenters. The summed E-state index contributed by atoms with van der Waals surface area (Å²) in [5.74, 6) is -1.96. The third-order valence-electron chi connectivity index (χ3n) is 3.16. The van der Waals surface area contributed by atoms with Crippen LogP contribution in [0.5, 0.6) is 0 Å². The van der Waals surface area contributed by atoms with Crippen LogP contribution < -0.4 is 10.9 Å². The molecule has 0 fully saturated rings. The Morgan fingerprint density at radius 2 is 1.67 bits per heavy atom. The molecule has 0 spiro atoms. The normalized spacial score (nSPS) is 11.7. The standard InChI is InChI=1S/C15H8F5N3O/c16-8-4-9(17)6-10(5-8)21-14-22-12-3-7(15(18,19)20)1-2-11(12)13(24)23-14/h1-6H,(H2,21,22,23,24). The Kier molecular flexibility index (Phi) is 3.70. The number of hydrogen-bond acceptors (Lipinski definition) is 3. The monoisotopic (exact) mass is 341 g/mol. The lowest BCUT2D eigenvalue weighted by molar-refractivity contribution is -0.137. The number of benzene rings is 2. The lowest BCUT2D eigenvalue weighted by atomic mass is 10.1. The molecule has 0 radical (unpaired) electrons. The number of nitrogens with zero attached hydrogens (tertiary/aromatic N) is 1. The summed E-state index contributed by atoms with van der Waals surface area (Å²) in [6, 6.07) is 5.04. The van der Waals surface area contributed by atoms with E-state index >= 15 is 0 Å². The van der Waals surface area contributed by atoms with E-state index < -0.39 is 28.9 Å². The fraction of sp³-hybridized carbons (Fsp3) is 0.0667. The first-order valence-electron chi connectivity index (χ1n) is 6.57. The number of H-pyrrole nitrogens is 1. The minimum Gasteiger partial charge on any atom is -0.325 e. The second-order valence-electron chi connectivity index (χ2n) is 4.93. The first-order valence-corrected chi connectivity index (χ1v) is 6.57. The zero-order valence-corrected chi connectivity index (χ0v) is 11.7. The molecule has 1 heterocycles. The van der Waals surface area contributed by atoms with Crippen molar-refractivity contribution in [2.75, 3.05) is 5.32 Å². The topological polar surface area (TPSA) is 57.8 Å². The Morgan fingerprint density at radius 3 is 2.29 bits per heavy atom. The fourth-order valence-corrected chi connectivity index (χ4v) is 2.14. The average Bonchev–Trinajstić information content (AvgIpc) is 2.44. The summed E-state index contributed by atoms with van der Waals surface area (Å²) in [6.07, 6.45) is -4.59. The van der Waals surface area contributed by atoms with E-state index in [9.17, 15) is 26.7 Å². The van der Waals surface area contributed by atoms with Crippen molar-refractivity contribution in [2.24, 2.45) is 0 Å².